The first-order valence-electron chi connectivity index (χ1n) is 7.84. The molecule has 4 rings (SSSR count). The van der Waals surface area contributed by atoms with E-state index < -0.39 is 17.8 Å². The van der Waals surface area contributed by atoms with E-state index >= 15 is 0 Å². The van der Waals surface area contributed by atoms with Gasteiger partial charge in [0.1, 0.15) is 0 Å². The molecule has 2 heterocycles. The molecule has 0 saturated heterocycles. The molecule has 1 aliphatic rings. The quantitative estimate of drug-likeness (QED) is 0.659. The van der Waals surface area contributed by atoms with Crippen molar-refractivity contribution in [3.63, 3.8) is 0 Å². The van der Waals surface area contributed by atoms with E-state index in [0.717, 1.165) is 4.70 Å². The smallest absolute Gasteiger partial charge is 0.330 e. The minimum absolute atomic E-state index is 0.111. The molecule has 7 nitrogen and oxygen atoms in total. The number of carbonyl (C=O) groups excluding carboxylic acids is 3. The highest BCUT2D eigenvalue weighted by Crippen LogP contribution is 2.23. The highest BCUT2D eigenvalue weighted by molar-refractivity contribution is 7.13. The molecule has 0 atom stereocenters. The summed E-state index contributed by atoms with van der Waals surface area (Å²) in [5, 5.41) is 1.06. The van der Waals surface area contributed by atoms with Crippen LogP contribution in [0.15, 0.2) is 53.3 Å². The summed E-state index contributed by atoms with van der Waals surface area (Å²) in [6, 6.07) is 13.4. The largest absolute Gasteiger partial charge is 0.335 e. The molecule has 0 radical (unpaired) electrons. The van der Waals surface area contributed by atoms with Crippen LogP contribution in [0.1, 0.15) is 27.1 Å². The summed E-state index contributed by atoms with van der Waals surface area (Å²) in [5.41, 5.74) is 0.219. The summed E-state index contributed by atoms with van der Waals surface area (Å²) in [6.07, 6.45) is -0.139. The minimum Gasteiger partial charge on any atom is -0.330 e. The Morgan fingerprint density at radius 1 is 0.923 bits per heavy atom. The van der Waals surface area contributed by atoms with Crippen LogP contribution in [0.25, 0.3) is 10.1 Å². The number of aromatic nitrogens is 1. The Kier molecular flexibility index (Phi) is 3.89. The van der Waals surface area contributed by atoms with E-state index in [2.05, 4.69) is 0 Å². The van der Waals surface area contributed by atoms with Gasteiger partial charge < -0.3 is 4.84 Å². The molecular formula is C18H12N2O5S. The van der Waals surface area contributed by atoms with Crippen LogP contribution in [0.4, 0.5) is 0 Å². The molecule has 1 aromatic heterocycles. The van der Waals surface area contributed by atoms with Gasteiger partial charge in [0.05, 0.1) is 27.6 Å². The average Bonchev–Trinajstić information content (AvgIpc) is 3.10. The molecule has 0 N–H and O–H groups in total. The van der Waals surface area contributed by atoms with Gasteiger partial charge in [-0.05, 0) is 24.3 Å². The Hall–Kier alpha value is -3.26. The van der Waals surface area contributed by atoms with Crippen LogP contribution in [-0.2, 0) is 16.2 Å². The monoisotopic (exact) mass is 368 g/mol. The Morgan fingerprint density at radius 2 is 1.54 bits per heavy atom. The van der Waals surface area contributed by atoms with E-state index in [1.165, 1.54) is 27.6 Å². The summed E-state index contributed by atoms with van der Waals surface area (Å²) in [6.45, 7) is 0.111. The van der Waals surface area contributed by atoms with Gasteiger partial charge in [-0.25, -0.2) is 4.79 Å². The third-order valence-electron chi connectivity index (χ3n) is 4.02. The van der Waals surface area contributed by atoms with Gasteiger partial charge in [-0.3, -0.25) is 18.3 Å². The lowest BCUT2D eigenvalue weighted by Crippen LogP contribution is -2.33. The molecule has 130 valence electrons. The number of nitrogens with zero attached hydrogens (tertiary/aromatic N) is 2. The van der Waals surface area contributed by atoms with Gasteiger partial charge in [-0.2, -0.15) is 0 Å². The second-order valence-electron chi connectivity index (χ2n) is 5.66. The normalized spacial score (nSPS) is 13.3. The van der Waals surface area contributed by atoms with Crippen molar-refractivity contribution in [2.75, 3.05) is 0 Å². The van der Waals surface area contributed by atoms with Crippen molar-refractivity contribution in [2.24, 2.45) is 0 Å². The third kappa shape index (κ3) is 2.60. The van der Waals surface area contributed by atoms with Crippen molar-refractivity contribution in [2.45, 2.75) is 13.0 Å². The van der Waals surface area contributed by atoms with Gasteiger partial charge in [0.15, 0.2) is 0 Å². The van der Waals surface area contributed by atoms with Crippen molar-refractivity contribution >= 4 is 39.4 Å². The number of amides is 2. The summed E-state index contributed by atoms with van der Waals surface area (Å²) in [7, 11) is 0. The van der Waals surface area contributed by atoms with E-state index in [-0.39, 0.29) is 29.7 Å². The van der Waals surface area contributed by atoms with Crippen LogP contribution in [0.5, 0.6) is 0 Å². The second-order valence-corrected chi connectivity index (χ2v) is 6.72. The minimum atomic E-state index is -0.760. The average molecular weight is 368 g/mol. The van der Waals surface area contributed by atoms with Crippen LogP contribution in [0.3, 0.4) is 0 Å². The van der Waals surface area contributed by atoms with Crippen molar-refractivity contribution in [1.82, 2.24) is 9.02 Å². The maximum Gasteiger partial charge on any atom is 0.335 e. The van der Waals surface area contributed by atoms with Crippen molar-refractivity contribution in [1.29, 1.82) is 0 Å². The first-order valence-corrected chi connectivity index (χ1v) is 8.61. The van der Waals surface area contributed by atoms with Crippen LogP contribution in [-0.4, -0.2) is 26.8 Å². The van der Waals surface area contributed by atoms with Gasteiger partial charge in [-0.15, -0.1) is 0 Å². The van der Waals surface area contributed by atoms with Crippen LogP contribution < -0.4 is 5.56 Å². The standard InChI is InChI=1S/C18H12N2O5S/c21-15(9-10-19-16(22)13-7-3-4-8-14(13)26-19)25-20-17(23)11-5-1-2-6-12(11)18(20)24/h1-8H,9-10H2. The van der Waals surface area contributed by atoms with E-state index in [4.69, 9.17) is 4.84 Å². The molecule has 0 bridgehead atoms. The number of imide groups is 1. The lowest BCUT2D eigenvalue weighted by molar-refractivity contribution is -0.168. The van der Waals surface area contributed by atoms with Crippen LogP contribution in [0.2, 0.25) is 0 Å². The molecule has 0 saturated carbocycles. The summed E-state index contributed by atoms with van der Waals surface area (Å²) in [4.78, 5) is 53.6. The number of rotatable bonds is 4. The highest BCUT2D eigenvalue weighted by Gasteiger charge is 2.38. The number of hydrogen-bond donors (Lipinski definition) is 0. The lowest BCUT2D eigenvalue weighted by Gasteiger charge is -2.12. The fourth-order valence-electron chi connectivity index (χ4n) is 2.75. The summed E-state index contributed by atoms with van der Waals surface area (Å²) >= 11 is 1.25. The summed E-state index contributed by atoms with van der Waals surface area (Å²) in [5.74, 6) is -2.10. The molecule has 0 spiro atoms. The topological polar surface area (TPSA) is 85.7 Å². The van der Waals surface area contributed by atoms with Gasteiger partial charge in [-0.1, -0.05) is 40.9 Å². The zero-order valence-corrected chi connectivity index (χ0v) is 14.2. The molecule has 2 aromatic carbocycles. The Labute approximate surface area is 151 Å². The zero-order valence-electron chi connectivity index (χ0n) is 13.4. The van der Waals surface area contributed by atoms with Crippen LogP contribution >= 0.6 is 11.5 Å². The Morgan fingerprint density at radius 3 is 2.19 bits per heavy atom. The number of benzene rings is 2. The van der Waals surface area contributed by atoms with E-state index in [1.807, 2.05) is 12.1 Å². The predicted octanol–water partition coefficient (Wildman–Crippen LogP) is 2.21. The zero-order chi connectivity index (χ0) is 18.3. The molecule has 1 aliphatic heterocycles. The fraction of sp³-hybridized carbons (Fsp3) is 0.111. The maximum absolute atomic E-state index is 12.2. The Bertz CT molecular complexity index is 1080. The molecule has 0 fully saturated rings. The molecule has 8 heteroatoms. The van der Waals surface area contributed by atoms with Gasteiger partial charge in [0.25, 0.3) is 17.4 Å². The fourth-order valence-corrected chi connectivity index (χ4v) is 3.75. The van der Waals surface area contributed by atoms with Crippen molar-refractivity contribution < 1.29 is 19.2 Å². The first kappa shape index (κ1) is 16.2. The number of carbonyl (C=O) groups is 3. The number of fused-ring (bicyclic) bond motifs is 2. The van der Waals surface area contributed by atoms with Crippen molar-refractivity contribution in [3.8, 4) is 0 Å². The summed E-state index contributed by atoms with van der Waals surface area (Å²) < 4.78 is 2.28. The molecule has 0 aliphatic carbocycles. The van der Waals surface area contributed by atoms with Gasteiger partial charge >= 0.3 is 5.97 Å². The van der Waals surface area contributed by atoms with Crippen LogP contribution in [0, 0.1) is 0 Å². The Balaban J connectivity index is 1.45. The SMILES string of the molecule is O=C(CCn1sc2ccccc2c1=O)ON1C(=O)c2ccccc2C1=O. The predicted molar refractivity (Wildman–Crippen MR) is 93.7 cm³/mol. The van der Waals surface area contributed by atoms with E-state index in [0.29, 0.717) is 10.4 Å². The maximum atomic E-state index is 12.2. The molecule has 2 amide bonds. The van der Waals surface area contributed by atoms with Crippen molar-refractivity contribution in [3.05, 3.63) is 70.0 Å². The second kappa shape index (κ2) is 6.23. The molecular weight excluding hydrogens is 356 g/mol. The van der Waals surface area contributed by atoms with E-state index in [1.54, 1.807) is 24.3 Å². The third-order valence-corrected chi connectivity index (χ3v) is 5.14. The molecule has 3 aromatic rings. The molecule has 26 heavy (non-hydrogen) atoms. The number of hydroxylamine groups is 2. The first-order chi connectivity index (χ1) is 12.6. The number of hydrogen-bond acceptors (Lipinski definition) is 6. The molecule has 0 unspecified atom stereocenters. The van der Waals surface area contributed by atoms with Gasteiger partial charge in [0, 0.05) is 6.54 Å². The number of aryl methyl sites for hydroxylation is 1. The van der Waals surface area contributed by atoms with Gasteiger partial charge in [0.2, 0.25) is 0 Å². The highest BCUT2D eigenvalue weighted by atomic mass is 32.1. The lowest BCUT2D eigenvalue weighted by atomic mass is 10.1. The van der Waals surface area contributed by atoms with E-state index in [9.17, 15) is 19.2 Å².